The van der Waals surface area contributed by atoms with Gasteiger partial charge in [0, 0.05) is 10.8 Å². The normalized spacial score (nSPS) is 16.0. The second kappa shape index (κ2) is 7.28. The van der Waals surface area contributed by atoms with Crippen molar-refractivity contribution in [2.24, 2.45) is 0 Å². The van der Waals surface area contributed by atoms with Crippen LogP contribution in [-0.4, -0.2) is 10.8 Å². The van der Waals surface area contributed by atoms with Gasteiger partial charge < -0.3 is 0 Å². The zero-order chi connectivity index (χ0) is 9.40. The molecule has 0 N–H and O–H groups in total. The van der Waals surface area contributed by atoms with E-state index in [0.717, 1.165) is 0 Å². The third-order valence-electron chi connectivity index (χ3n) is 0.973. The van der Waals surface area contributed by atoms with Crippen molar-refractivity contribution in [3.8, 4) is 11.8 Å². The molecular weight excluding hydrogens is 191 g/mol. The Labute approximate surface area is 84.3 Å². The van der Waals surface area contributed by atoms with Crippen LogP contribution in [0.15, 0.2) is 24.3 Å². The Balaban J connectivity index is 3.75. The fourth-order valence-corrected chi connectivity index (χ4v) is 0.603. The molecule has 0 saturated carbocycles. The van der Waals surface area contributed by atoms with Crippen molar-refractivity contribution in [1.82, 2.24) is 0 Å². The number of allylic oxidation sites excluding steroid dienone is 4. The molecule has 0 heterocycles. The standard InChI is InChI=1S/C10H12Cl2/c1-9(11)7-5-3-4-6-8-10(2)12/h5-10H,1-2H3/b7-5+,8-6+. The Bertz CT molecular complexity index is 192. The Kier molecular flexibility index (Phi) is 7.05. The van der Waals surface area contributed by atoms with E-state index in [1.54, 1.807) is 12.2 Å². The monoisotopic (exact) mass is 202 g/mol. The van der Waals surface area contributed by atoms with Crippen LogP contribution in [0, 0.1) is 11.8 Å². The molecule has 0 aromatic rings. The first-order valence-electron chi connectivity index (χ1n) is 3.75. The van der Waals surface area contributed by atoms with Crippen molar-refractivity contribution in [2.75, 3.05) is 0 Å². The van der Waals surface area contributed by atoms with Gasteiger partial charge in [0.2, 0.25) is 0 Å². The molecule has 0 amide bonds. The van der Waals surface area contributed by atoms with Crippen LogP contribution in [0.25, 0.3) is 0 Å². The van der Waals surface area contributed by atoms with Crippen molar-refractivity contribution >= 4 is 23.2 Å². The van der Waals surface area contributed by atoms with Gasteiger partial charge in [-0.2, -0.15) is 0 Å². The molecule has 2 heteroatoms. The lowest BCUT2D eigenvalue weighted by molar-refractivity contribution is 1.23. The molecule has 0 aromatic carbocycles. The van der Waals surface area contributed by atoms with E-state index in [1.165, 1.54) is 0 Å². The van der Waals surface area contributed by atoms with Gasteiger partial charge >= 0.3 is 0 Å². The molecule has 0 spiro atoms. The Morgan fingerprint density at radius 2 is 1.25 bits per heavy atom. The Morgan fingerprint density at radius 1 is 0.917 bits per heavy atom. The third kappa shape index (κ3) is 9.62. The lowest BCUT2D eigenvalue weighted by Crippen LogP contribution is -1.79. The summed E-state index contributed by atoms with van der Waals surface area (Å²) in [5, 5.41) is 0.0745. The number of alkyl halides is 2. The van der Waals surface area contributed by atoms with Gasteiger partial charge in [0.25, 0.3) is 0 Å². The Morgan fingerprint density at radius 3 is 1.50 bits per heavy atom. The molecule has 0 aliphatic heterocycles. The van der Waals surface area contributed by atoms with Gasteiger partial charge in [0.1, 0.15) is 0 Å². The highest BCUT2D eigenvalue weighted by molar-refractivity contribution is 6.21. The fraction of sp³-hybridized carbons (Fsp3) is 0.400. The molecule has 0 nitrogen and oxygen atoms in total. The van der Waals surface area contributed by atoms with Crippen LogP contribution in [0.4, 0.5) is 0 Å². The number of hydrogen-bond donors (Lipinski definition) is 0. The minimum atomic E-state index is 0.0373. The van der Waals surface area contributed by atoms with Crippen molar-refractivity contribution in [1.29, 1.82) is 0 Å². The average molecular weight is 203 g/mol. The lowest BCUT2D eigenvalue weighted by Gasteiger charge is -1.85. The van der Waals surface area contributed by atoms with Crippen molar-refractivity contribution < 1.29 is 0 Å². The summed E-state index contributed by atoms with van der Waals surface area (Å²) in [4.78, 5) is 0. The predicted octanol–water partition coefficient (Wildman–Crippen LogP) is 3.36. The first-order chi connectivity index (χ1) is 5.63. The van der Waals surface area contributed by atoms with Gasteiger partial charge in [-0.1, -0.05) is 24.0 Å². The highest BCUT2D eigenvalue weighted by Crippen LogP contribution is 1.94. The number of halogens is 2. The van der Waals surface area contributed by atoms with Gasteiger partial charge in [-0.05, 0) is 26.0 Å². The van der Waals surface area contributed by atoms with Gasteiger partial charge in [-0.3, -0.25) is 0 Å². The third-order valence-corrected chi connectivity index (χ3v) is 1.26. The van der Waals surface area contributed by atoms with Crippen LogP contribution < -0.4 is 0 Å². The molecule has 0 aromatic heterocycles. The van der Waals surface area contributed by atoms with E-state index in [-0.39, 0.29) is 10.8 Å². The summed E-state index contributed by atoms with van der Waals surface area (Å²) in [7, 11) is 0. The molecule has 0 fully saturated rings. The van der Waals surface area contributed by atoms with Crippen LogP contribution in [0.2, 0.25) is 0 Å². The summed E-state index contributed by atoms with van der Waals surface area (Å²) in [5.74, 6) is 5.62. The van der Waals surface area contributed by atoms with Crippen LogP contribution in [0.5, 0.6) is 0 Å². The predicted molar refractivity (Wildman–Crippen MR) is 56.7 cm³/mol. The second-order valence-electron chi connectivity index (χ2n) is 2.36. The van der Waals surface area contributed by atoms with Crippen molar-refractivity contribution in [2.45, 2.75) is 24.6 Å². The Hall–Kier alpha value is -0.380. The van der Waals surface area contributed by atoms with E-state index in [9.17, 15) is 0 Å². The summed E-state index contributed by atoms with van der Waals surface area (Å²) in [6, 6.07) is 0. The average Bonchev–Trinajstić information content (AvgIpc) is 1.95. The van der Waals surface area contributed by atoms with Crippen LogP contribution in [0.3, 0.4) is 0 Å². The SMILES string of the molecule is CC(Cl)/C=C/C#C/C=C/C(C)Cl. The zero-order valence-electron chi connectivity index (χ0n) is 7.22. The van der Waals surface area contributed by atoms with Crippen molar-refractivity contribution in [3.63, 3.8) is 0 Å². The fourth-order valence-electron chi connectivity index (χ4n) is 0.458. The van der Waals surface area contributed by atoms with E-state index in [1.807, 2.05) is 26.0 Å². The smallest absolute Gasteiger partial charge is 0.0496 e. The van der Waals surface area contributed by atoms with Gasteiger partial charge in [0.15, 0.2) is 0 Å². The van der Waals surface area contributed by atoms with E-state index < -0.39 is 0 Å². The summed E-state index contributed by atoms with van der Waals surface area (Å²) >= 11 is 11.3. The van der Waals surface area contributed by atoms with Gasteiger partial charge in [-0.15, -0.1) is 23.2 Å². The molecule has 0 radical (unpaired) electrons. The summed E-state index contributed by atoms with van der Waals surface area (Å²) in [5.41, 5.74) is 0. The maximum absolute atomic E-state index is 5.65. The van der Waals surface area contributed by atoms with E-state index in [0.29, 0.717) is 0 Å². The second-order valence-corrected chi connectivity index (χ2v) is 3.74. The molecule has 12 heavy (non-hydrogen) atoms. The summed E-state index contributed by atoms with van der Waals surface area (Å²) in [6.07, 6.45) is 7.13. The molecule has 2 atom stereocenters. The number of hydrogen-bond acceptors (Lipinski definition) is 0. The molecular formula is C10H12Cl2. The summed E-state index contributed by atoms with van der Waals surface area (Å²) < 4.78 is 0. The van der Waals surface area contributed by atoms with Crippen LogP contribution >= 0.6 is 23.2 Å². The molecule has 66 valence electrons. The van der Waals surface area contributed by atoms with Crippen LogP contribution in [-0.2, 0) is 0 Å². The highest BCUT2D eigenvalue weighted by atomic mass is 35.5. The van der Waals surface area contributed by atoms with Gasteiger partial charge in [0.05, 0.1) is 0 Å². The topological polar surface area (TPSA) is 0 Å². The lowest BCUT2D eigenvalue weighted by atomic mass is 10.4. The molecule has 0 aliphatic carbocycles. The minimum Gasteiger partial charge on any atom is -0.119 e. The van der Waals surface area contributed by atoms with Crippen molar-refractivity contribution in [3.05, 3.63) is 24.3 Å². The maximum Gasteiger partial charge on any atom is 0.0496 e. The first kappa shape index (κ1) is 11.6. The first-order valence-corrected chi connectivity index (χ1v) is 4.62. The summed E-state index contributed by atoms with van der Waals surface area (Å²) in [6.45, 7) is 3.77. The largest absolute Gasteiger partial charge is 0.119 e. The van der Waals surface area contributed by atoms with E-state index >= 15 is 0 Å². The van der Waals surface area contributed by atoms with Gasteiger partial charge in [-0.25, -0.2) is 0 Å². The zero-order valence-corrected chi connectivity index (χ0v) is 8.73. The molecule has 0 aliphatic rings. The van der Waals surface area contributed by atoms with E-state index in [4.69, 9.17) is 23.2 Å². The number of rotatable bonds is 2. The maximum atomic E-state index is 5.65. The van der Waals surface area contributed by atoms with E-state index in [2.05, 4.69) is 11.8 Å². The highest BCUT2D eigenvalue weighted by Gasteiger charge is 1.82. The molecule has 0 bridgehead atoms. The minimum absolute atomic E-state index is 0.0373. The molecule has 0 rings (SSSR count). The van der Waals surface area contributed by atoms with Crippen LogP contribution in [0.1, 0.15) is 13.8 Å². The molecule has 0 saturated heterocycles. The molecule has 2 unspecified atom stereocenters. The quantitative estimate of drug-likeness (QED) is 0.476.